The average Bonchev–Trinajstić information content (AvgIpc) is 3.77. The zero-order valence-corrected chi connectivity index (χ0v) is 23.7. The first-order chi connectivity index (χ1) is 22.3. The van der Waals surface area contributed by atoms with Crippen molar-refractivity contribution >= 4 is 104 Å². The molecule has 0 atom stereocenters. The molecule has 6 heterocycles. The number of fused-ring (bicyclic) bond motifs is 17. The lowest BCUT2D eigenvalue weighted by Crippen LogP contribution is -1.93. The van der Waals surface area contributed by atoms with Gasteiger partial charge < -0.3 is 9.40 Å². The summed E-state index contributed by atoms with van der Waals surface area (Å²) in [5.74, 6) is 0. The summed E-state index contributed by atoms with van der Waals surface area (Å²) in [6.45, 7) is 0. The molecule has 0 unspecified atom stereocenters. The molecule has 0 radical (unpaired) electrons. The van der Waals surface area contributed by atoms with E-state index in [0.717, 1.165) is 71.0 Å². The molecule has 0 fully saturated rings. The number of nitrogens with one attached hydrogen (secondary N) is 1. The van der Waals surface area contributed by atoms with Gasteiger partial charge in [-0.3, -0.25) is 4.40 Å². The SMILES string of the molecule is c1cc2nc(c1)c1cccc3c4cccc(c5ccc6c7ccccc7n(c6c5)c5nc2nc2c6ccccc6oc25)c4[nH]c13. The zero-order valence-electron chi connectivity index (χ0n) is 23.7. The minimum atomic E-state index is 0.549. The molecule has 11 rings (SSSR count). The third-order valence-electron chi connectivity index (χ3n) is 9.32. The minimum Gasteiger partial charge on any atom is -0.450 e. The van der Waals surface area contributed by atoms with Crippen LogP contribution in [0.4, 0.5) is 0 Å². The minimum absolute atomic E-state index is 0.549. The van der Waals surface area contributed by atoms with Gasteiger partial charge in [-0.25, -0.2) is 15.0 Å². The second-order valence-electron chi connectivity index (χ2n) is 11.7. The zero-order chi connectivity index (χ0) is 29.2. The quantitative estimate of drug-likeness (QED) is 0.195. The monoisotopic (exact) mass is 575 g/mol. The van der Waals surface area contributed by atoms with Gasteiger partial charge in [0.05, 0.1) is 27.6 Å². The molecule has 0 saturated carbocycles. The van der Waals surface area contributed by atoms with Crippen molar-refractivity contribution in [2.45, 2.75) is 0 Å². The van der Waals surface area contributed by atoms with Gasteiger partial charge in [0.15, 0.2) is 16.9 Å². The second-order valence-corrected chi connectivity index (χ2v) is 11.7. The van der Waals surface area contributed by atoms with E-state index < -0.39 is 0 Å². The van der Waals surface area contributed by atoms with Crippen LogP contribution in [-0.2, 0) is 0 Å². The number of para-hydroxylation sites is 4. The normalized spacial score (nSPS) is 12.4. The summed E-state index contributed by atoms with van der Waals surface area (Å²) in [6, 6.07) is 42.3. The lowest BCUT2D eigenvalue weighted by atomic mass is 10.1. The largest absolute Gasteiger partial charge is 0.450 e. The molecule has 0 saturated heterocycles. The van der Waals surface area contributed by atoms with E-state index in [1.807, 2.05) is 30.3 Å². The van der Waals surface area contributed by atoms with Crippen molar-refractivity contribution in [1.29, 1.82) is 0 Å². The molecule has 0 aliphatic rings. The highest BCUT2D eigenvalue weighted by Gasteiger charge is 2.18. The number of nitrogens with zero attached hydrogens (tertiary/aromatic N) is 4. The van der Waals surface area contributed by atoms with Crippen LogP contribution in [0.3, 0.4) is 0 Å². The topological polar surface area (TPSA) is 72.0 Å². The third kappa shape index (κ3) is 3.00. The first kappa shape index (κ1) is 23.2. The summed E-state index contributed by atoms with van der Waals surface area (Å²) in [5, 5.41) is 8.90. The van der Waals surface area contributed by atoms with E-state index in [9.17, 15) is 0 Å². The summed E-state index contributed by atoms with van der Waals surface area (Å²) in [7, 11) is 0. The molecule has 208 valence electrons. The number of aromatic nitrogens is 5. The molecule has 0 aliphatic carbocycles. The Hall–Kier alpha value is -6.27. The summed E-state index contributed by atoms with van der Waals surface area (Å²) in [6.07, 6.45) is 0. The van der Waals surface area contributed by atoms with Gasteiger partial charge in [0.2, 0.25) is 0 Å². The van der Waals surface area contributed by atoms with E-state index in [1.165, 1.54) is 10.8 Å². The van der Waals surface area contributed by atoms with Gasteiger partial charge in [0.25, 0.3) is 0 Å². The van der Waals surface area contributed by atoms with Gasteiger partial charge in [-0.05, 0) is 41.8 Å². The molecule has 11 aromatic rings. The average molecular weight is 576 g/mol. The van der Waals surface area contributed by atoms with Gasteiger partial charge in [-0.15, -0.1) is 0 Å². The van der Waals surface area contributed by atoms with Crippen LogP contribution in [0.25, 0.3) is 104 Å². The summed E-state index contributed by atoms with van der Waals surface area (Å²) in [4.78, 5) is 19.4. The van der Waals surface area contributed by atoms with E-state index in [0.29, 0.717) is 22.4 Å². The number of furan rings is 1. The fraction of sp³-hybridized carbons (Fsp3) is 0. The number of H-pyrrole nitrogens is 1. The molecule has 0 amide bonds. The van der Waals surface area contributed by atoms with Crippen LogP contribution in [0.5, 0.6) is 0 Å². The standard InChI is InChI=1S/C39H21N5O/c1-3-16-31-23(8-1)24-19-18-21-20-32(24)44(31)39-37-36(28-9-2-4-17-33(28)45-37)42-38(43-39)30-15-7-14-29(40-30)27-13-6-12-26-25-11-5-10-22(21)34(25)41-35(26)27/h1-20,41H. The first-order valence-corrected chi connectivity index (χ1v) is 15.0. The van der Waals surface area contributed by atoms with E-state index in [1.54, 1.807) is 0 Å². The third-order valence-corrected chi connectivity index (χ3v) is 9.32. The van der Waals surface area contributed by atoms with Crippen molar-refractivity contribution in [1.82, 2.24) is 24.3 Å². The van der Waals surface area contributed by atoms with Crippen LogP contribution < -0.4 is 0 Å². The molecule has 1 N–H and O–H groups in total. The summed E-state index contributed by atoms with van der Waals surface area (Å²) in [5.41, 5.74) is 9.26. The van der Waals surface area contributed by atoms with Crippen LogP contribution in [0.1, 0.15) is 0 Å². The molecule has 6 nitrogen and oxygen atoms in total. The van der Waals surface area contributed by atoms with Crippen molar-refractivity contribution in [3.63, 3.8) is 0 Å². The highest BCUT2D eigenvalue weighted by Crippen LogP contribution is 2.37. The summed E-state index contributed by atoms with van der Waals surface area (Å²) < 4.78 is 8.79. The van der Waals surface area contributed by atoms with Gasteiger partial charge in [-0.2, -0.15) is 0 Å². The first-order valence-electron chi connectivity index (χ1n) is 15.0. The van der Waals surface area contributed by atoms with Crippen LogP contribution in [0.15, 0.2) is 126 Å². The number of rotatable bonds is 0. The lowest BCUT2D eigenvalue weighted by molar-refractivity contribution is 0.669. The van der Waals surface area contributed by atoms with Crippen molar-refractivity contribution in [3.05, 3.63) is 121 Å². The van der Waals surface area contributed by atoms with Crippen LogP contribution in [-0.4, -0.2) is 24.3 Å². The van der Waals surface area contributed by atoms with E-state index in [-0.39, 0.29) is 0 Å². The Bertz CT molecular complexity index is 3110. The van der Waals surface area contributed by atoms with Crippen LogP contribution >= 0.6 is 0 Å². The smallest absolute Gasteiger partial charge is 0.197 e. The maximum Gasteiger partial charge on any atom is 0.197 e. The van der Waals surface area contributed by atoms with Gasteiger partial charge in [0, 0.05) is 37.7 Å². The Morgan fingerprint density at radius 3 is 2.11 bits per heavy atom. The van der Waals surface area contributed by atoms with E-state index in [2.05, 4.69) is 100 Å². The molecule has 0 spiro atoms. The van der Waals surface area contributed by atoms with Gasteiger partial charge in [-0.1, -0.05) is 84.9 Å². The molecule has 45 heavy (non-hydrogen) atoms. The molecule has 0 aliphatic heterocycles. The van der Waals surface area contributed by atoms with Crippen LogP contribution in [0, 0.1) is 0 Å². The van der Waals surface area contributed by atoms with Crippen molar-refractivity contribution in [2.24, 2.45) is 0 Å². The molecule has 5 aromatic carbocycles. The Balaban J connectivity index is 1.53. The number of pyridine rings is 1. The van der Waals surface area contributed by atoms with E-state index in [4.69, 9.17) is 19.4 Å². The fourth-order valence-corrected chi connectivity index (χ4v) is 7.32. The second kappa shape index (κ2) is 8.21. The number of benzene rings is 5. The molecule has 6 aromatic heterocycles. The highest BCUT2D eigenvalue weighted by atomic mass is 16.3. The maximum atomic E-state index is 6.56. The number of hydrogen-bond acceptors (Lipinski definition) is 4. The fourth-order valence-electron chi connectivity index (χ4n) is 7.32. The molecule has 6 heteroatoms. The van der Waals surface area contributed by atoms with Crippen molar-refractivity contribution < 1.29 is 4.42 Å². The van der Waals surface area contributed by atoms with Gasteiger partial charge >= 0.3 is 0 Å². The number of hydrogen-bond donors (Lipinski definition) is 1. The van der Waals surface area contributed by atoms with Crippen molar-refractivity contribution in [2.75, 3.05) is 0 Å². The Kier molecular flexibility index (Phi) is 4.24. The maximum absolute atomic E-state index is 6.56. The summed E-state index contributed by atoms with van der Waals surface area (Å²) >= 11 is 0. The Morgan fingerprint density at radius 1 is 0.511 bits per heavy atom. The van der Waals surface area contributed by atoms with E-state index >= 15 is 0 Å². The molecular formula is C39H21N5O. The van der Waals surface area contributed by atoms with Gasteiger partial charge in [0.1, 0.15) is 16.6 Å². The Morgan fingerprint density at radius 2 is 1.20 bits per heavy atom. The highest BCUT2D eigenvalue weighted by molar-refractivity contribution is 6.22. The van der Waals surface area contributed by atoms with Crippen molar-refractivity contribution in [3.8, 4) is 0 Å². The Labute approximate surface area is 253 Å². The predicted molar refractivity (Wildman–Crippen MR) is 184 cm³/mol. The predicted octanol–water partition coefficient (Wildman–Crippen LogP) is 9.99. The van der Waals surface area contributed by atoms with Crippen LogP contribution in [0.2, 0.25) is 0 Å². The molecular weight excluding hydrogens is 554 g/mol. The molecule has 8 bridgehead atoms. The lowest BCUT2D eigenvalue weighted by Gasteiger charge is -2.03. The number of aromatic amines is 1.